The number of fused-ring (bicyclic) bond motifs is 11. The smallest absolute Gasteiger partial charge is 0.0725 e. The second-order valence-electron chi connectivity index (χ2n) is 15.5. The Morgan fingerprint density at radius 2 is 1.11 bits per heavy atom. The zero-order valence-electron chi connectivity index (χ0n) is 31.6. The normalized spacial score (nSPS) is 14.8. The number of aromatic nitrogens is 1. The summed E-state index contributed by atoms with van der Waals surface area (Å²) in [5.41, 5.74) is 27.5. The molecule has 0 fully saturated rings. The maximum absolute atomic E-state index is 6.52. The molecule has 2 nitrogen and oxygen atoms in total. The molecule has 270 valence electrons. The number of para-hydroxylation sites is 1. The van der Waals surface area contributed by atoms with E-state index in [2.05, 4.69) is 169 Å². The van der Waals surface area contributed by atoms with E-state index in [1.165, 1.54) is 88.7 Å². The summed E-state index contributed by atoms with van der Waals surface area (Å²) < 4.78 is 0. The average Bonchev–Trinajstić information content (AvgIpc) is 3.74. The van der Waals surface area contributed by atoms with Crippen LogP contribution in [-0.4, -0.2) is 4.98 Å². The number of rotatable bonds is 6. The van der Waals surface area contributed by atoms with E-state index in [1.54, 1.807) is 0 Å². The average molecular weight is 729 g/mol. The Kier molecular flexibility index (Phi) is 7.79. The molecule has 0 atom stereocenters. The van der Waals surface area contributed by atoms with Crippen molar-refractivity contribution in [3.05, 3.63) is 239 Å². The SMILES string of the molecule is Nc1ccccc1/C(=C\Cc1ccccn1)C1=CC=C(c2ccc3cc(-c4ccc5c(c4)C4(c6ccccc6-c6ccccc64)c4ccccc4-5)ccc3c2)CC1. The molecule has 11 rings (SSSR count). The van der Waals surface area contributed by atoms with Gasteiger partial charge < -0.3 is 5.73 Å². The van der Waals surface area contributed by atoms with E-state index in [1.807, 2.05) is 30.5 Å². The van der Waals surface area contributed by atoms with Gasteiger partial charge in [0, 0.05) is 29.6 Å². The first-order valence-corrected chi connectivity index (χ1v) is 20.0. The van der Waals surface area contributed by atoms with Crippen molar-refractivity contribution in [2.75, 3.05) is 5.73 Å². The summed E-state index contributed by atoms with van der Waals surface area (Å²) in [6.07, 6.45) is 11.4. The molecule has 0 unspecified atom stereocenters. The van der Waals surface area contributed by atoms with Crippen molar-refractivity contribution in [3.8, 4) is 33.4 Å². The van der Waals surface area contributed by atoms with Gasteiger partial charge in [0.1, 0.15) is 0 Å². The lowest BCUT2D eigenvalue weighted by atomic mass is 9.70. The molecule has 0 radical (unpaired) electrons. The highest BCUT2D eigenvalue weighted by atomic mass is 14.7. The van der Waals surface area contributed by atoms with Gasteiger partial charge in [-0.15, -0.1) is 0 Å². The van der Waals surface area contributed by atoms with Crippen LogP contribution in [0.4, 0.5) is 5.69 Å². The van der Waals surface area contributed by atoms with Crippen LogP contribution in [0.3, 0.4) is 0 Å². The van der Waals surface area contributed by atoms with Gasteiger partial charge in [-0.2, -0.15) is 0 Å². The third kappa shape index (κ3) is 5.29. The minimum absolute atomic E-state index is 0.341. The molecule has 3 aliphatic rings. The second-order valence-corrected chi connectivity index (χ2v) is 15.5. The van der Waals surface area contributed by atoms with Gasteiger partial charge in [-0.25, -0.2) is 0 Å². The molecule has 0 bridgehead atoms. The summed E-state index contributed by atoms with van der Waals surface area (Å²) in [6, 6.07) is 62.4. The quantitative estimate of drug-likeness (QED) is 0.173. The summed E-state index contributed by atoms with van der Waals surface area (Å²) >= 11 is 0. The van der Waals surface area contributed by atoms with Gasteiger partial charge in [0.25, 0.3) is 0 Å². The fraction of sp³-hybridized carbons (Fsp3) is 0.0727. The molecule has 2 N–H and O–H groups in total. The summed E-state index contributed by atoms with van der Waals surface area (Å²) in [4.78, 5) is 4.56. The summed E-state index contributed by atoms with van der Waals surface area (Å²) in [5, 5.41) is 2.50. The molecule has 1 spiro atoms. The number of anilines is 1. The molecule has 0 saturated carbocycles. The number of hydrogen-bond donors (Lipinski definition) is 1. The lowest BCUT2D eigenvalue weighted by Gasteiger charge is -2.30. The van der Waals surface area contributed by atoms with Crippen LogP contribution in [0.2, 0.25) is 0 Å². The van der Waals surface area contributed by atoms with Crippen molar-refractivity contribution in [1.82, 2.24) is 4.98 Å². The van der Waals surface area contributed by atoms with Crippen LogP contribution in [0, 0.1) is 0 Å². The lowest BCUT2D eigenvalue weighted by Crippen LogP contribution is -2.25. The number of nitrogen functional groups attached to an aromatic ring is 1. The van der Waals surface area contributed by atoms with Crippen LogP contribution in [0.1, 0.15) is 51.9 Å². The van der Waals surface area contributed by atoms with Gasteiger partial charge in [-0.1, -0.05) is 152 Å². The van der Waals surface area contributed by atoms with Gasteiger partial charge in [0.2, 0.25) is 0 Å². The van der Waals surface area contributed by atoms with E-state index in [4.69, 9.17) is 5.73 Å². The Hall–Kier alpha value is -7.03. The highest BCUT2D eigenvalue weighted by Gasteiger charge is 2.51. The van der Waals surface area contributed by atoms with Crippen molar-refractivity contribution in [3.63, 3.8) is 0 Å². The van der Waals surface area contributed by atoms with Gasteiger partial charge >= 0.3 is 0 Å². The molecule has 7 aromatic carbocycles. The number of benzene rings is 7. The third-order valence-corrected chi connectivity index (χ3v) is 12.5. The molecule has 0 saturated heterocycles. The topological polar surface area (TPSA) is 38.9 Å². The highest BCUT2D eigenvalue weighted by molar-refractivity contribution is 5.97. The molecular formula is C55H40N2. The van der Waals surface area contributed by atoms with Crippen molar-refractivity contribution in [2.24, 2.45) is 0 Å². The van der Waals surface area contributed by atoms with Crippen molar-refractivity contribution in [1.29, 1.82) is 0 Å². The minimum atomic E-state index is -0.341. The van der Waals surface area contributed by atoms with Crippen molar-refractivity contribution in [2.45, 2.75) is 24.7 Å². The molecule has 0 amide bonds. The number of allylic oxidation sites excluding steroid dienone is 6. The molecule has 57 heavy (non-hydrogen) atoms. The summed E-state index contributed by atoms with van der Waals surface area (Å²) in [6.45, 7) is 0. The first-order chi connectivity index (χ1) is 28.2. The van der Waals surface area contributed by atoms with E-state index in [0.29, 0.717) is 0 Å². The Morgan fingerprint density at radius 1 is 0.526 bits per heavy atom. The second kappa shape index (κ2) is 13.3. The van der Waals surface area contributed by atoms with Gasteiger partial charge in [0.05, 0.1) is 5.41 Å². The van der Waals surface area contributed by atoms with E-state index < -0.39 is 0 Å². The number of nitrogens with two attached hydrogens (primary N) is 1. The van der Waals surface area contributed by atoms with E-state index in [9.17, 15) is 0 Å². The molecule has 0 aliphatic heterocycles. The number of nitrogens with zero attached hydrogens (tertiary/aromatic N) is 1. The first-order valence-electron chi connectivity index (χ1n) is 20.0. The van der Waals surface area contributed by atoms with Crippen LogP contribution in [0.25, 0.3) is 55.3 Å². The molecule has 8 aromatic rings. The zero-order chi connectivity index (χ0) is 37.9. The van der Waals surface area contributed by atoms with Gasteiger partial charge in [-0.3, -0.25) is 4.98 Å². The Bertz CT molecular complexity index is 2930. The van der Waals surface area contributed by atoms with Gasteiger partial charge in [-0.05, 0) is 138 Å². The fourth-order valence-electron chi connectivity index (χ4n) is 9.88. The van der Waals surface area contributed by atoms with Crippen LogP contribution in [-0.2, 0) is 11.8 Å². The number of hydrogen-bond acceptors (Lipinski definition) is 2. The molecule has 1 heterocycles. The summed E-state index contributed by atoms with van der Waals surface area (Å²) in [5.74, 6) is 0. The largest absolute Gasteiger partial charge is 0.398 e. The summed E-state index contributed by atoms with van der Waals surface area (Å²) in [7, 11) is 0. The molecular weight excluding hydrogens is 689 g/mol. The van der Waals surface area contributed by atoms with Crippen LogP contribution < -0.4 is 5.73 Å². The Labute approximate surface area is 334 Å². The molecule has 3 aliphatic carbocycles. The van der Waals surface area contributed by atoms with Crippen molar-refractivity contribution >= 4 is 27.6 Å². The first kappa shape index (κ1) is 33.3. The van der Waals surface area contributed by atoms with E-state index in [-0.39, 0.29) is 5.41 Å². The number of pyridine rings is 1. The molecule has 2 heteroatoms. The standard InChI is InChI=1S/C55H40N2/c56-54-19-8-4-15-49(54)44(31-29-43-11-9-10-32-57-43)37-22-20-36(21-23-37)38-24-25-40-34-41(27-26-39(40)33-38)42-28-30-48-47-14-3-7-18-52(47)55(53(48)35-42)50-16-5-1-12-45(50)46-13-2-6-17-51(46)55/h1-20,22,24-28,30-35H,21,23,29,56H2/b44-31-. The Balaban J connectivity index is 0.940. The predicted molar refractivity (Wildman–Crippen MR) is 238 cm³/mol. The third-order valence-electron chi connectivity index (χ3n) is 12.5. The molecule has 1 aromatic heterocycles. The van der Waals surface area contributed by atoms with Crippen LogP contribution in [0.15, 0.2) is 200 Å². The fourth-order valence-corrected chi connectivity index (χ4v) is 9.88. The van der Waals surface area contributed by atoms with E-state index >= 15 is 0 Å². The highest BCUT2D eigenvalue weighted by Crippen LogP contribution is 2.63. The monoisotopic (exact) mass is 728 g/mol. The predicted octanol–water partition coefficient (Wildman–Crippen LogP) is 13.3. The zero-order valence-corrected chi connectivity index (χ0v) is 31.6. The van der Waals surface area contributed by atoms with E-state index in [0.717, 1.165) is 36.2 Å². The maximum atomic E-state index is 6.52. The van der Waals surface area contributed by atoms with Crippen LogP contribution >= 0.6 is 0 Å². The minimum Gasteiger partial charge on any atom is -0.398 e. The lowest BCUT2D eigenvalue weighted by molar-refractivity contribution is 0.794. The van der Waals surface area contributed by atoms with Gasteiger partial charge in [0.15, 0.2) is 0 Å². The van der Waals surface area contributed by atoms with Crippen molar-refractivity contribution < 1.29 is 0 Å². The van der Waals surface area contributed by atoms with Crippen LogP contribution in [0.5, 0.6) is 0 Å². The maximum Gasteiger partial charge on any atom is 0.0725 e. The Morgan fingerprint density at radius 3 is 1.75 bits per heavy atom.